The van der Waals surface area contributed by atoms with E-state index in [9.17, 15) is 29.1 Å². The molecule has 17 nitrogen and oxygen atoms in total. The second kappa shape index (κ2) is 19.6. The van der Waals surface area contributed by atoms with Crippen molar-refractivity contribution in [3.8, 4) is 0 Å². The van der Waals surface area contributed by atoms with Gasteiger partial charge in [0.2, 0.25) is 35.3 Å². The summed E-state index contributed by atoms with van der Waals surface area (Å²) in [5.74, 6) is -3.08. The molecule has 382 valence electrons. The fraction of sp³-hybridized carbons (Fsp3) is 0.642. The van der Waals surface area contributed by atoms with Crippen LogP contribution in [0.5, 0.6) is 0 Å². The van der Waals surface area contributed by atoms with Crippen LogP contribution in [0.4, 0.5) is 5.95 Å². The first kappa shape index (κ1) is 49.8. The average molecular weight is 1040 g/mol. The fourth-order valence-corrected chi connectivity index (χ4v) is 13.7. The maximum atomic E-state index is 14.4. The number of piperazine rings is 2. The van der Waals surface area contributed by atoms with E-state index in [0.717, 1.165) is 98.5 Å². The van der Waals surface area contributed by atoms with Gasteiger partial charge in [0.1, 0.15) is 12.1 Å². The number of aromatic nitrogens is 3. The molecule has 0 radical (unpaired) electrons. The SMILES string of the molecule is CC(C)C[C@H]1C(=O)N2CCC[C@H]2[C@]2(O)O[C@](NC(=O)[C@@H]3C=C4c5cccc6[nH]c(Br)c(c56)C[C@H]4N(C)C3)(C(C)C)C(=O)N12.O=C1CC2(CCCC2)CC(=O)N1CCCCN1CCN(c2ncccn2)CC1. The molecule has 8 heterocycles. The molecule has 8 aliphatic rings. The highest BCUT2D eigenvalue weighted by Crippen LogP contribution is 2.50. The van der Waals surface area contributed by atoms with Gasteiger partial charge in [-0.05, 0) is 121 Å². The minimum Gasteiger partial charge on any atom is -0.349 e. The van der Waals surface area contributed by atoms with Crippen LogP contribution >= 0.6 is 15.9 Å². The Morgan fingerprint density at radius 1 is 0.944 bits per heavy atom. The van der Waals surface area contributed by atoms with Gasteiger partial charge in [0, 0.05) is 93.9 Å². The highest BCUT2D eigenvalue weighted by atomic mass is 79.9. The van der Waals surface area contributed by atoms with Gasteiger partial charge in [-0.2, -0.15) is 0 Å². The molecule has 6 aliphatic heterocycles. The van der Waals surface area contributed by atoms with Crippen molar-refractivity contribution in [1.29, 1.82) is 0 Å². The van der Waals surface area contributed by atoms with E-state index in [-0.39, 0.29) is 41.0 Å². The van der Waals surface area contributed by atoms with Crippen molar-refractivity contribution in [2.45, 2.75) is 135 Å². The number of carbonyl (C=O) groups excluding carboxylic acids is 5. The Morgan fingerprint density at radius 3 is 2.34 bits per heavy atom. The van der Waals surface area contributed by atoms with Crippen molar-refractivity contribution in [1.82, 2.24) is 44.8 Å². The molecule has 2 aliphatic carbocycles. The molecule has 5 amide bonds. The van der Waals surface area contributed by atoms with Crippen LogP contribution in [0.2, 0.25) is 0 Å². The Kier molecular flexibility index (Phi) is 13.7. The molecule has 18 heteroatoms. The van der Waals surface area contributed by atoms with Crippen molar-refractivity contribution in [3.63, 3.8) is 0 Å². The monoisotopic (exact) mass is 1040 g/mol. The summed E-state index contributed by atoms with van der Waals surface area (Å²) in [7, 11) is 2.03. The highest BCUT2D eigenvalue weighted by Gasteiger charge is 2.72. The third-order valence-corrected chi connectivity index (χ3v) is 17.6. The molecule has 11 rings (SSSR count). The maximum Gasteiger partial charge on any atom is 0.281 e. The van der Waals surface area contributed by atoms with Crippen LogP contribution in [0.1, 0.15) is 109 Å². The molecule has 1 saturated carbocycles. The summed E-state index contributed by atoms with van der Waals surface area (Å²) in [5.41, 5.74) is 2.68. The molecule has 1 spiro atoms. The van der Waals surface area contributed by atoms with E-state index in [1.165, 1.54) is 33.6 Å². The number of aromatic amines is 1. The number of nitrogens with one attached hydrogen (secondary N) is 2. The number of piperidine rings is 1. The van der Waals surface area contributed by atoms with Crippen LogP contribution in [0.25, 0.3) is 16.5 Å². The van der Waals surface area contributed by atoms with E-state index in [4.69, 9.17) is 4.74 Å². The molecule has 71 heavy (non-hydrogen) atoms. The number of imide groups is 1. The minimum atomic E-state index is -2.01. The zero-order valence-electron chi connectivity index (χ0n) is 42.0. The highest BCUT2D eigenvalue weighted by molar-refractivity contribution is 9.10. The van der Waals surface area contributed by atoms with E-state index in [1.807, 2.05) is 39.1 Å². The second-order valence-corrected chi connectivity index (χ2v) is 23.1. The van der Waals surface area contributed by atoms with Gasteiger partial charge in [-0.1, -0.05) is 58.7 Å². The number of rotatable bonds is 11. The number of unbranched alkanes of at least 4 members (excludes halogenated alkanes) is 1. The Balaban J connectivity index is 0.000000180. The number of likely N-dealkylation sites (tertiary alicyclic amines) is 1. The van der Waals surface area contributed by atoms with Gasteiger partial charge in [-0.15, -0.1) is 0 Å². The number of likely N-dealkylation sites (N-methyl/N-ethyl adjacent to an activating group) is 1. The first-order valence-corrected chi connectivity index (χ1v) is 27.0. The first-order chi connectivity index (χ1) is 34.0. The predicted octanol–water partition coefficient (Wildman–Crippen LogP) is 5.28. The number of benzene rings is 1. The number of anilines is 1. The average Bonchev–Trinajstić information content (AvgIpc) is 4.14. The normalized spacial score (nSPS) is 29.5. The number of ether oxygens (including phenoxy) is 1. The summed E-state index contributed by atoms with van der Waals surface area (Å²) in [6.07, 6.45) is 15.6. The Hall–Kier alpha value is -4.75. The summed E-state index contributed by atoms with van der Waals surface area (Å²) in [4.78, 5) is 90.7. The number of hydrogen-bond acceptors (Lipinski definition) is 12. The number of carbonyl (C=O) groups is 5. The van der Waals surface area contributed by atoms with E-state index >= 15 is 0 Å². The van der Waals surface area contributed by atoms with Gasteiger partial charge in [-0.3, -0.25) is 48.3 Å². The molecule has 1 aromatic carbocycles. The zero-order valence-corrected chi connectivity index (χ0v) is 43.6. The van der Waals surface area contributed by atoms with Crippen LogP contribution in [-0.2, 0) is 35.1 Å². The molecule has 0 unspecified atom stereocenters. The molecular weight excluding hydrogens is 969 g/mol. The number of halogens is 1. The Labute approximate surface area is 425 Å². The lowest BCUT2D eigenvalue weighted by Crippen LogP contribution is -2.71. The standard InChI is InChI=1S/C32H40BrN5O5.C21H31N5O2/c1-16(2)12-24-29(40)37-11-7-10-25(37)32(42)38(24)30(41)31(43-32,17(3)4)35-28(39)18-13-20-19-8-6-9-22-26(19)21(27(33)34-22)14-23(20)36(5)15-18;27-18-16-21(6-1-2-7-21)17-19(28)26(18)11-4-3-10-24-12-14-25(15-13-24)20-22-8-5-9-23-20/h6,8-9,13,16-18,23-25,34,42H,7,10-12,14-15H2,1-5H3,(H,35,39);5,8-9H,1-4,6-7,10-17H2/t18-,23-,24+,25+,31-,32+;/m1./s1. The molecule has 6 atom stereocenters. The molecule has 0 bridgehead atoms. The van der Waals surface area contributed by atoms with Gasteiger partial charge in [0.15, 0.2) is 0 Å². The third kappa shape index (κ3) is 9.01. The second-order valence-electron chi connectivity index (χ2n) is 22.3. The number of aliphatic hydroxyl groups is 1. The molecule has 3 aromatic rings. The number of H-pyrrole nitrogens is 1. The Bertz CT molecular complexity index is 2550. The van der Waals surface area contributed by atoms with Crippen molar-refractivity contribution < 1.29 is 33.8 Å². The molecule has 3 N–H and O–H groups in total. The van der Waals surface area contributed by atoms with E-state index in [0.29, 0.717) is 45.3 Å². The molecular formula is C53H71BrN10O7. The first-order valence-electron chi connectivity index (χ1n) is 26.2. The van der Waals surface area contributed by atoms with Crippen molar-refractivity contribution in [2.24, 2.45) is 23.2 Å². The van der Waals surface area contributed by atoms with Gasteiger partial charge < -0.3 is 25.2 Å². The van der Waals surface area contributed by atoms with Crippen LogP contribution in [0.15, 0.2) is 47.3 Å². The van der Waals surface area contributed by atoms with Crippen LogP contribution in [0.3, 0.4) is 0 Å². The Morgan fingerprint density at radius 2 is 1.65 bits per heavy atom. The quantitative estimate of drug-likeness (QED) is 0.167. The lowest BCUT2D eigenvalue weighted by molar-refractivity contribution is -0.322. The summed E-state index contributed by atoms with van der Waals surface area (Å²) >= 11 is 3.70. The minimum absolute atomic E-state index is 0.00676. The lowest BCUT2D eigenvalue weighted by Gasteiger charge is -2.49. The number of fused-ring (bicyclic) bond motifs is 5. The summed E-state index contributed by atoms with van der Waals surface area (Å²) in [5, 5.41) is 16.3. The summed E-state index contributed by atoms with van der Waals surface area (Å²) in [6.45, 7) is 14.1. The van der Waals surface area contributed by atoms with Gasteiger partial charge >= 0.3 is 0 Å². The van der Waals surface area contributed by atoms with Gasteiger partial charge in [0.25, 0.3) is 11.8 Å². The smallest absolute Gasteiger partial charge is 0.281 e. The topological polar surface area (TPSA) is 188 Å². The zero-order chi connectivity index (χ0) is 50.0. The fourth-order valence-electron chi connectivity index (χ4n) is 13.1. The summed E-state index contributed by atoms with van der Waals surface area (Å²) < 4.78 is 7.43. The van der Waals surface area contributed by atoms with Crippen LogP contribution < -0.4 is 10.2 Å². The number of hydrogen-bond donors (Lipinski definition) is 3. The van der Waals surface area contributed by atoms with Crippen molar-refractivity contribution in [3.05, 3.63) is 58.5 Å². The molecule has 2 aromatic heterocycles. The largest absolute Gasteiger partial charge is 0.349 e. The molecule has 6 fully saturated rings. The van der Waals surface area contributed by atoms with E-state index < -0.39 is 41.5 Å². The van der Waals surface area contributed by atoms with E-state index in [1.54, 1.807) is 31.1 Å². The lowest BCUT2D eigenvalue weighted by atomic mass is 9.76. The third-order valence-electron chi connectivity index (χ3n) is 16.9. The van der Waals surface area contributed by atoms with Crippen molar-refractivity contribution in [2.75, 3.05) is 64.3 Å². The van der Waals surface area contributed by atoms with Crippen LogP contribution in [0, 0.1) is 23.2 Å². The van der Waals surface area contributed by atoms with Gasteiger partial charge in [-0.25, -0.2) is 9.97 Å². The number of nitrogens with zero attached hydrogens (tertiary/aromatic N) is 8. The maximum absolute atomic E-state index is 14.4. The van der Waals surface area contributed by atoms with E-state index in [2.05, 4.69) is 63.0 Å². The number of amides is 5. The van der Waals surface area contributed by atoms with Gasteiger partial charge in [0.05, 0.1) is 10.5 Å². The van der Waals surface area contributed by atoms with Crippen molar-refractivity contribution >= 4 is 67.9 Å². The summed E-state index contributed by atoms with van der Waals surface area (Å²) in [6, 6.07) is 6.60. The van der Waals surface area contributed by atoms with Crippen LogP contribution in [-0.4, -0.2) is 163 Å². The molecule has 5 saturated heterocycles. The predicted molar refractivity (Wildman–Crippen MR) is 271 cm³/mol.